The maximum Gasteiger partial charge on any atom is 0.307 e. The van der Waals surface area contributed by atoms with Gasteiger partial charge in [-0.25, -0.2) is 0 Å². The number of amides is 1. The quantitative estimate of drug-likeness (QED) is 0.825. The molecule has 3 heterocycles. The van der Waals surface area contributed by atoms with Crippen LogP contribution in [0.2, 0.25) is 0 Å². The van der Waals surface area contributed by atoms with Gasteiger partial charge in [0.05, 0.1) is 11.8 Å². The lowest BCUT2D eigenvalue weighted by molar-refractivity contribution is -0.151. The summed E-state index contributed by atoms with van der Waals surface area (Å²) in [5.41, 5.74) is 1.02. The molecule has 0 aromatic carbocycles. The van der Waals surface area contributed by atoms with Crippen LogP contribution in [-0.4, -0.2) is 39.5 Å². The molecular weight excluding hydrogens is 320 g/mol. The summed E-state index contributed by atoms with van der Waals surface area (Å²) < 4.78 is 1.84. The van der Waals surface area contributed by atoms with Crippen LogP contribution in [0.3, 0.4) is 0 Å². The average molecular weight is 342 g/mol. The van der Waals surface area contributed by atoms with Gasteiger partial charge < -0.3 is 14.6 Å². The average Bonchev–Trinajstić information content (AvgIpc) is 2.62. The second kappa shape index (κ2) is 6.17. The third-order valence-electron chi connectivity index (χ3n) is 5.86. The summed E-state index contributed by atoms with van der Waals surface area (Å²) in [6, 6.07) is 5.33. The highest BCUT2D eigenvalue weighted by Gasteiger charge is 2.41. The molecule has 25 heavy (non-hydrogen) atoms. The first-order chi connectivity index (χ1) is 12.0. The van der Waals surface area contributed by atoms with E-state index in [0.717, 1.165) is 12.1 Å². The zero-order chi connectivity index (χ0) is 17.6. The summed E-state index contributed by atoms with van der Waals surface area (Å²) in [4.78, 5) is 38.5. The van der Waals surface area contributed by atoms with Gasteiger partial charge in [-0.15, -0.1) is 0 Å². The number of nitrogens with zero attached hydrogens (tertiary/aromatic N) is 2. The van der Waals surface area contributed by atoms with Crippen LogP contribution < -0.4 is 5.56 Å². The molecule has 1 aromatic rings. The van der Waals surface area contributed by atoms with Gasteiger partial charge in [-0.2, -0.15) is 0 Å². The van der Waals surface area contributed by atoms with Crippen molar-refractivity contribution in [2.24, 2.45) is 17.8 Å². The molecule has 1 amide bonds. The van der Waals surface area contributed by atoms with E-state index < -0.39 is 17.8 Å². The summed E-state index contributed by atoms with van der Waals surface area (Å²) in [6.07, 6.45) is 5.68. The number of pyridine rings is 1. The lowest BCUT2D eigenvalue weighted by Crippen LogP contribution is -2.51. The lowest BCUT2D eigenvalue weighted by atomic mass is 9.79. The van der Waals surface area contributed by atoms with E-state index in [2.05, 4.69) is 0 Å². The van der Waals surface area contributed by atoms with E-state index in [1.165, 1.54) is 0 Å². The second-order valence-corrected chi connectivity index (χ2v) is 7.44. The van der Waals surface area contributed by atoms with Gasteiger partial charge in [-0.3, -0.25) is 14.4 Å². The predicted molar refractivity (Wildman–Crippen MR) is 91.1 cm³/mol. The predicted octanol–water partition coefficient (Wildman–Crippen LogP) is 1.46. The van der Waals surface area contributed by atoms with Gasteiger partial charge in [0.15, 0.2) is 0 Å². The topological polar surface area (TPSA) is 79.6 Å². The third-order valence-corrected chi connectivity index (χ3v) is 5.86. The fourth-order valence-electron chi connectivity index (χ4n) is 4.67. The molecule has 0 radical (unpaired) electrons. The van der Waals surface area contributed by atoms with E-state index in [1.807, 2.05) is 27.7 Å². The second-order valence-electron chi connectivity index (χ2n) is 7.44. The van der Waals surface area contributed by atoms with Crippen molar-refractivity contribution >= 4 is 11.9 Å². The van der Waals surface area contributed by atoms with Crippen LogP contribution >= 0.6 is 0 Å². The molecule has 4 atom stereocenters. The molecule has 2 unspecified atom stereocenters. The molecule has 4 rings (SSSR count). The summed E-state index contributed by atoms with van der Waals surface area (Å²) in [7, 11) is 0. The molecule has 1 aromatic heterocycles. The smallest absolute Gasteiger partial charge is 0.307 e. The Morgan fingerprint density at radius 2 is 1.80 bits per heavy atom. The SMILES string of the molecule is O=C(O)C1CC=CCC1C(=O)N1C[C@H]2C[C@H](C1)c1cccc(=O)n1C2. The van der Waals surface area contributed by atoms with Gasteiger partial charge in [0.2, 0.25) is 5.91 Å². The van der Waals surface area contributed by atoms with E-state index in [-0.39, 0.29) is 23.3 Å². The molecule has 6 heteroatoms. The van der Waals surface area contributed by atoms with Gasteiger partial charge in [0.1, 0.15) is 0 Å². The normalized spacial score (nSPS) is 30.6. The molecule has 1 saturated heterocycles. The first-order valence-electron chi connectivity index (χ1n) is 8.91. The summed E-state index contributed by atoms with van der Waals surface area (Å²) in [5.74, 6) is -1.62. The van der Waals surface area contributed by atoms with Crippen molar-refractivity contribution < 1.29 is 14.7 Å². The lowest BCUT2D eigenvalue weighted by Gasteiger charge is -2.44. The number of hydrogen-bond acceptors (Lipinski definition) is 3. The van der Waals surface area contributed by atoms with Gasteiger partial charge in [-0.1, -0.05) is 18.2 Å². The highest BCUT2D eigenvalue weighted by molar-refractivity contribution is 5.85. The van der Waals surface area contributed by atoms with Crippen LogP contribution in [-0.2, 0) is 16.1 Å². The maximum atomic E-state index is 13.0. The van der Waals surface area contributed by atoms with Crippen molar-refractivity contribution in [3.05, 3.63) is 46.4 Å². The van der Waals surface area contributed by atoms with E-state index in [9.17, 15) is 19.5 Å². The molecule has 0 spiro atoms. The number of hydrogen-bond donors (Lipinski definition) is 1. The Balaban J connectivity index is 1.58. The highest BCUT2D eigenvalue weighted by Crippen LogP contribution is 2.37. The molecule has 1 N–H and O–H groups in total. The molecule has 3 aliphatic rings. The molecule has 1 fully saturated rings. The first-order valence-corrected chi connectivity index (χ1v) is 8.91. The van der Waals surface area contributed by atoms with Crippen LogP contribution in [0.15, 0.2) is 35.1 Å². The van der Waals surface area contributed by atoms with Gasteiger partial charge in [0.25, 0.3) is 5.56 Å². The van der Waals surface area contributed by atoms with Crippen molar-refractivity contribution in [2.75, 3.05) is 13.1 Å². The number of carbonyl (C=O) groups excluding carboxylic acids is 1. The first kappa shape index (κ1) is 16.1. The van der Waals surface area contributed by atoms with Crippen LogP contribution in [0.5, 0.6) is 0 Å². The summed E-state index contributed by atoms with van der Waals surface area (Å²) in [5, 5.41) is 9.44. The van der Waals surface area contributed by atoms with E-state index in [1.54, 1.807) is 12.1 Å². The number of carboxylic acid groups (broad SMARTS) is 1. The van der Waals surface area contributed by atoms with E-state index >= 15 is 0 Å². The van der Waals surface area contributed by atoms with Gasteiger partial charge in [0, 0.05) is 37.3 Å². The van der Waals surface area contributed by atoms with Crippen molar-refractivity contribution in [3.63, 3.8) is 0 Å². The number of fused-ring (bicyclic) bond motifs is 4. The minimum absolute atomic E-state index is 0.0235. The minimum atomic E-state index is -0.892. The Labute approximate surface area is 145 Å². The highest BCUT2D eigenvalue weighted by atomic mass is 16.4. The molecular formula is C19H22N2O4. The number of aliphatic carboxylic acids is 1. The molecule has 2 aliphatic heterocycles. The van der Waals surface area contributed by atoms with Gasteiger partial charge in [-0.05, 0) is 31.2 Å². The molecule has 6 nitrogen and oxygen atoms in total. The van der Waals surface area contributed by atoms with Crippen LogP contribution in [0.1, 0.15) is 30.9 Å². The summed E-state index contributed by atoms with van der Waals surface area (Å²) in [6.45, 7) is 1.83. The minimum Gasteiger partial charge on any atom is -0.481 e. The Kier molecular flexibility index (Phi) is 3.98. The Morgan fingerprint density at radius 1 is 1.04 bits per heavy atom. The maximum absolute atomic E-state index is 13.0. The number of aromatic nitrogens is 1. The monoisotopic (exact) mass is 342 g/mol. The molecule has 1 aliphatic carbocycles. The fourth-order valence-corrected chi connectivity index (χ4v) is 4.67. The third kappa shape index (κ3) is 2.79. The Hall–Kier alpha value is -2.37. The Bertz CT molecular complexity index is 797. The zero-order valence-electron chi connectivity index (χ0n) is 14.0. The number of piperidine rings is 1. The molecule has 0 saturated carbocycles. The number of likely N-dealkylation sites (tertiary alicyclic amines) is 1. The van der Waals surface area contributed by atoms with Crippen molar-refractivity contribution in [3.8, 4) is 0 Å². The number of carboxylic acids is 1. The molecule has 2 bridgehead atoms. The Morgan fingerprint density at radius 3 is 2.56 bits per heavy atom. The van der Waals surface area contributed by atoms with Crippen molar-refractivity contribution in [1.82, 2.24) is 9.47 Å². The zero-order valence-corrected chi connectivity index (χ0v) is 14.0. The largest absolute Gasteiger partial charge is 0.481 e. The number of rotatable bonds is 2. The van der Waals surface area contributed by atoms with E-state index in [0.29, 0.717) is 32.5 Å². The van der Waals surface area contributed by atoms with Gasteiger partial charge >= 0.3 is 5.97 Å². The summed E-state index contributed by atoms with van der Waals surface area (Å²) >= 11 is 0. The van der Waals surface area contributed by atoms with Crippen molar-refractivity contribution in [2.45, 2.75) is 31.7 Å². The van der Waals surface area contributed by atoms with Crippen LogP contribution in [0.25, 0.3) is 0 Å². The number of carbonyl (C=O) groups is 2. The van der Waals surface area contributed by atoms with Crippen LogP contribution in [0.4, 0.5) is 0 Å². The van der Waals surface area contributed by atoms with Crippen molar-refractivity contribution in [1.29, 1.82) is 0 Å². The molecule has 132 valence electrons. The fraction of sp³-hybridized carbons (Fsp3) is 0.526. The van der Waals surface area contributed by atoms with Crippen LogP contribution in [0, 0.1) is 17.8 Å². The number of allylic oxidation sites excluding steroid dienone is 2. The van der Waals surface area contributed by atoms with E-state index in [4.69, 9.17) is 0 Å². The standard InChI is InChI=1S/C19H22N2O4/c22-17-7-3-6-16-13-8-12(10-21(16)17)9-20(11-13)18(23)14-4-1-2-5-15(14)19(24)25/h1-3,6-7,12-15H,4-5,8-11H2,(H,24,25)/t12-,13-,14?,15?/m1/s1.